The summed E-state index contributed by atoms with van der Waals surface area (Å²) in [5.41, 5.74) is 12.5. The third kappa shape index (κ3) is 5.27. The molecule has 2 heterocycles. The topological polar surface area (TPSA) is 43.3 Å². The summed E-state index contributed by atoms with van der Waals surface area (Å²) in [5.74, 6) is 1.27. The maximum absolute atomic E-state index is 6.41. The van der Waals surface area contributed by atoms with Crippen molar-refractivity contribution in [1.82, 2.24) is 4.57 Å². The molecule has 0 amide bonds. The summed E-state index contributed by atoms with van der Waals surface area (Å²) in [6.45, 7) is 8.27. The summed E-state index contributed by atoms with van der Waals surface area (Å²) in [6.07, 6.45) is 12.6. The van der Waals surface area contributed by atoms with E-state index in [0.29, 0.717) is 11.5 Å². The Bertz CT molecular complexity index is 2190. The molecule has 0 bridgehead atoms. The molecule has 43 heavy (non-hydrogen) atoms. The molecule has 1 aliphatic rings. The number of aliphatic imine (C=N–C) groups is 1. The lowest BCUT2D eigenvalue weighted by atomic mass is 10.00. The van der Waals surface area contributed by atoms with Crippen LogP contribution in [0.15, 0.2) is 138 Å². The van der Waals surface area contributed by atoms with Crippen LogP contribution in [0.5, 0.6) is 0 Å². The summed E-state index contributed by atoms with van der Waals surface area (Å²) in [4.78, 5) is 5.94. The molecule has 2 aromatic heterocycles. The van der Waals surface area contributed by atoms with Gasteiger partial charge >= 0.3 is 0 Å². The average molecular weight is 594 g/mol. The van der Waals surface area contributed by atoms with Crippen LogP contribution in [0.1, 0.15) is 22.4 Å². The Balaban J connectivity index is 1.02. The number of hydrogen-bond acceptors (Lipinski definition) is 3. The van der Waals surface area contributed by atoms with Crippen LogP contribution in [0, 0.1) is 0 Å². The lowest BCUT2D eigenvalue weighted by Crippen LogP contribution is -2.13. The van der Waals surface area contributed by atoms with Gasteiger partial charge in [0.15, 0.2) is 0 Å². The van der Waals surface area contributed by atoms with Crippen LogP contribution in [0.3, 0.4) is 0 Å². The van der Waals surface area contributed by atoms with Gasteiger partial charge < -0.3 is 10.3 Å². The summed E-state index contributed by atoms with van der Waals surface area (Å²) in [5, 5.41) is 8.49. The predicted octanol–water partition coefficient (Wildman–Crippen LogP) is 10.4. The standard InChI is InChI=1S/C38H31N3S2/c1-25(26(2)40-38(39)29-18-19-37-33(22-29)31-15-6-8-17-36(31)43-37)11-9-10-20-42-24-41-34-16-7-5-14-30(34)32-21-27-12-3-4-13-28(27)23-35(32)41/h3-5,7-14,16-23H,1-2,6,15,24H2,(H2,39,40)/b11-9-,20-10-. The van der Waals surface area contributed by atoms with Crippen LogP contribution >= 0.6 is 23.1 Å². The zero-order valence-electron chi connectivity index (χ0n) is 23.8. The van der Waals surface area contributed by atoms with E-state index in [4.69, 9.17) is 5.73 Å². The van der Waals surface area contributed by atoms with Crippen molar-refractivity contribution in [3.63, 3.8) is 0 Å². The molecule has 0 saturated heterocycles. The third-order valence-corrected chi connectivity index (χ3v) is 9.94. The zero-order valence-corrected chi connectivity index (χ0v) is 25.4. The summed E-state index contributed by atoms with van der Waals surface area (Å²) < 4.78 is 3.68. The Hall–Kier alpha value is -4.58. The molecular formula is C38H31N3S2. The van der Waals surface area contributed by atoms with E-state index in [1.807, 2.05) is 35.6 Å². The van der Waals surface area contributed by atoms with E-state index >= 15 is 0 Å². The number of thioether (sulfide) groups is 1. The number of amidine groups is 1. The van der Waals surface area contributed by atoms with Gasteiger partial charge in [-0.15, -0.1) is 23.1 Å². The largest absolute Gasteiger partial charge is 0.383 e. The van der Waals surface area contributed by atoms with Gasteiger partial charge in [-0.3, -0.25) is 0 Å². The Morgan fingerprint density at radius 2 is 1.72 bits per heavy atom. The number of aryl methyl sites for hydroxylation is 1. The van der Waals surface area contributed by atoms with Crippen LogP contribution in [-0.4, -0.2) is 10.4 Å². The van der Waals surface area contributed by atoms with Gasteiger partial charge in [0, 0.05) is 31.4 Å². The molecule has 0 unspecified atom stereocenters. The van der Waals surface area contributed by atoms with Crippen molar-refractivity contribution in [3.8, 4) is 0 Å². The van der Waals surface area contributed by atoms with Gasteiger partial charge in [-0.1, -0.05) is 79.9 Å². The van der Waals surface area contributed by atoms with Crippen molar-refractivity contribution in [1.29, 1.82) is 0 Å². The number of nitrogens with zero attached hydrogens (tertiary/aromatic N) is 2. The number of rotatable bonds is 8. The molecule has 210 valence electrons. The predicted molar refractivity (Wildman–Crippen MR) is 191 cm³/mol. The Morgan fingerprint density at radius 1 is 0.907 bits per heavy atom. The zero-order chi connectivity index (χ0) is 29.3. The molecule has 6 aromatic rings. The summed E-state index contributed by atoms with van der Waals surface area (Å²) >= 11 is 3.59. The Kier molecular flexibility index (Phi) is 7.35. The van der Waals surface area contributed by atoms with Crippen LogP contribution in [0.2, 0.25) is 0 Å². The highest BCUT2D eigenvalue weighted by Crippen LogP contribution is 2.36. The molecule has 2 N–H and O–H groups in total. The molecule has 0 radical (unpaired) electrons. The van der Waals surface area contributed by atoms with E-state index < -0.39 is 0 Å². The van der Waals surface area contributed by atoms with Crippen molar-refractivity contribution in [2.75, 3.05) is 0 Å². The van der Waals surface area contributed by atoms with Gasteiger partial charge in [-0.05, 0) is 88.0 Å². The van der Waals surface area contributed by atoms with Gasteiger partial charge in [0.25, 0.3) is 0 Å². The highest BCUT2D eigenvalue weighted by molar-refractivity contribution is 8.01. The van der Waals surface area contributed by atoms with E-state index in [1.54, 1.807) is 11.8 Å². The maximum atomic E-state index is 6.41. The van der Waals surface area contributed by atoms with Crippen molar-refractivity contribution in [3.05, 3.63) is 149 Å². The molecule has 0 saturated carbocycles. The van der Waals surface area contributed by atoms with Gasteiger partial charge in [0.1, 0.15) is 5.84 Å². The monoisotopic (exact) mass is 593 g/mol. The SMILES string of the molecule is C=C(/C=C\C=C/SCn1c2ccccc2c2cc3ccccc3cc21)C(=C)/N=C(\N)c1ccc2sc3c(c2c1)CCC=C3. The van der Waals surface area contributed by atoms with E-state index in [0.717, 1.165) is 29.9 Å². The molecule has 4 aromatic carbocycles. The van der Waals surface area contributed by atoms with Gasteiger partial charge in [-0.25, -0.2) is 4.99 Å². The summed E-state index contributed by atoms with van der Waals surface area (Å²) in [7, 11) is 0. The number of nitrogens with two attached hydrogens (primary N) is 1. The molecule has 0 spiro atoms. The quantitative estimate of drug-likeness (QED) is 0.108. The van der Waals surface area contributed by atoms with Crippen LogP contribution in [0.4, 0.5) is 0 Å². The lowest BCUT2D eigenvalue weighted by Gasteiger charge is -2.07. The van der Waals surface area contributed by atoms with E-state index in [-0.39, 0.29) is 0 Å². The summed E-state index contributed by atoms with van der Waals surface area (Å²) in [6, 6.07) is 28.2. The Labute approximate surface area is 259 Å². The molecule has 0 atom stereocenters. The van der Waals surface area contributed by atoms with Crippen molar-refractivity contribution in [2.45, 2.75) is 18.7 Å². The average Bonchev–Trinajstić information content (AvgIpc) is 3.56. The number of benzene rings is 4. The second-order valence-corrected chi connectivity index (χ2v) is 12.7. The molecule has 0 aliphatic heterocycles. The lowest BCUT2D eigenvalue weighted by molar-refractivity contribution is 0.989. The van der Waals surface area contributed by atoms with Crippen LogP contribution < -0.4 is 5.73 Å². The number of aromatic nitrogens is 1. The molecule has 3 nitrogen and oxygen atoms in total. The normalized spacial score (nSPS) is 13.7. The van der Waals surface area contributed by atoms with Gasteiger partial charge in [-0.2, -0.15) is 0 Å². The van der Waals surface area contributed by atoms with Crippen LogP contribution in [-0.2, 0) is 12.3 Å². The second-order valence-electron chi connectivity index (χ2n) is 10.7. The van der Waals surface area contributed by atoms with Crippen molar-refractivity contribution < 1.29 is 0 Å². The van der Waals surface area contributed by atoms with Gasteiger partial charge in [0.05, 0.1) is 17.1 Å². The highest BCUT2D eigenvalue weighted by Gasteiger charge is 2.14. The number of hydrogen-bond donors (Lipinski definition) is 1. The minimum atomic E-state index is 0.456. The number of thiophene rings is 1. The van der Waals surface area contributed by atoms with Crippen LogP contribution in [0.25, 0.3) is 48.7 Å². The minimum Gasteiger partial charge on any atom is -0.383 e. The van der Waals surface area contributed by atoms with E-state index in [1.165, 1.54) is 53.1 Å². The van der Waals surface area contributed by atoms with E-state index in [9.17, 15) is 0 Å². The number of fused-ring (bicyclic) bond motifs is 7. The highest BCUT2D eigenvalue weighted by atomic mass is 32.2. The number of allylic oxidation sites excluding steroid dienone is 4. The molecule has 7 rings (SSSR count). The second kappa shape index (κ2) is 11.6. The van der Waals surface area contributed by atoms with Crippen molar-refractivity contribution in [2.24, 2.45) is 10.7 Å². The molecule has 1 aliphatic carbocycles. The smallest absolute Gasteiger partial charge is 0.131 e. The van der Waals surface area contributed by atoms with Gasteiger partial charge in [0.2, 0.25) is 0 Å². The molecule has 0 fully saturated rings. The fourth-order valence-corrected chi connectivity index (χ4v) is 7.66. The fraction of sp³-hybridized carbons (Fsp3) is 0.0789. The first-order valence-electron chi connectivity index (χ1n) is 14.4. The first-order chi connectivity index (χ1) is 21.1. The minimum absolute atomic E-state index is 0.456. The Morgan fingerprint density at radius 3 is 2.60 bits per heavy atom. The first kappa shape index (κ1) is 27.3. The number of para-hydroxylation sites is 1. The van der Waals surface area contributed by atoms with Crippen molar-refractivity contribution >= 4 is 77.7 Å². The molecular weight excluding hydrogens is 563 g/mol. The fourth-order valence-electron chi connectivity index (χ4n) is 5.78. The third-order valence-electron chi connectivity index (χ3n) is 8.00. The first-order valence-corrected chi connectivity index (χ1v) is 16.2. The molecule has 5 heteroatoms. The maximum Gasteiger partial charge on any atom is 0.131 e. The van der Waals surface area contributed by atoms with E-state index in [2.05, 4.69) is 113 Å².